The highest BCUT2D eigenvalue weighted by Crippen LogP contribution is 2.33. The number of pyridine rings is 1. The van der Waals surface area contributed by atoms with Gasteiger partial charge in [0.15, 0.2) is 0 Å². The molecule has 0 fully saturated rings. The van der Waals surface area contributed by atoms with Crippen molar-refractivity contribution in [1.29, 1.82) is 0 Å². The fourth-order valence-electron chi connectivity index (χ4n) is 1.56. The molecule has 0 radical (unpaired) electrons. The number of hydrogen-bond donors (Lipinski definition) is 1. The fraction of sp³-hybridized carbons (Fsp3) is 0.154. The lowest BCUT2D eigenvalue weighted by atomic mass is 10.3. The lowest BCUT2D eigenvalue weighted by Gasteiger charge is -2.08. The van der Waals surface area contributed by atoms with Crippen LogP contribution in [0.2, 0.25) is 5.02 Å². The zero-order valence-electron chi connectivity index (χ0n) is 10.7. The number of nitro groups is 1. The van der Waals surface area contributed by atoms with Crippen molar-refractivity contribution in [3.05, 3.63) is 51.5 Å². The van der Waals surface area contributed by atoms with Crippen molar-refractivity contribution in [3.8, 4) is 11.6 Å². The van der Waals surface area contributed by atoms with Gasteiger partial charge in [0, 0.05) is 12.6 Å². The summed E-state index contributed by atoms with van der Waals surface area (Å²) in [4.78, 5) is 14.5. The van der Waals surface area contributed by atoms with Gasteiger partial charge in [-0.2, -0.15) is 4.98 Å². The molecule has 20 heavy (non-hydrogen) atoms. The number of ether oxygens (including phenoxy) is 1. The van der Waals surface area contributed by atoms with Crippen LogP contribution in [-0.2, 0) is 0 Å². The Bertz CT molecular complexity index is 634. The second kappa shape index (κ2) is 6.21. The maximum atomic E-state index is 11.0. The monoisotopic (exact) mass is 293 g/mol. The third-order valence-electron chi connectivity index (χ3n) is 2.44. The van der Waals surface area contributed by atoms with Crippen molar-refractivity contribution >= 4 is 23.1 Å². The molecule has 0 unspecified atom stereocenters. The van der Waals surface area contributed by atoms with E-state index in [9.17, 15) is 10.1 Å². The number of benzene rings is 1. The van der Waals surface area contributed by atoms with E-state index in [1.54, 1.807) is 24.3 Å². The summed E-state index contributed by atoms with van der Waals surface area (Å²) in [6.45, 7) is 2.55. The molecule has 0 aliphatic carbocycles. The Morgan fingerprint density at radius 2 is 2.10 bits per heavy atom. The molecule has 0 aliphatic heterocycles. The molecular formula is C13H12ClN3O3. The van der Waals surface area contributed by atoms with Gasteiger partial charge in [0.05, 0.1) is 9.95 Å². The van der Waals surface area contributed by atoms with Gasteiger partial charge in [0.1, 0.15) is 11.6 Å². The molecule has 0 spiro atoms. The molecule has 0 aliphatic rings. The minimum atomic E-state index is -0.547. The molecule has 0 bridgehead atoms. The second-order valence-electron chi connectivity index (χ2n) is 3.84. The Kier molecular flexibility index (Phi) is 4.37. The molecule has 104 valence electrons. The first kappa shape index (κ1) is 14.1. The maximum absolute atomic E-state index is 11.0. The lowest BCUT2D eigenvalue weighted by Crippen LogP contribution is -2.02. The first-order valence-corrected chi connectivity index (χ1v) is 6.31. The second-order valence-corrected chi connectivity index (χ2v) is 4.25. The van der Waals surface area contributed by atoms with E-state index in [0.29, 0.717) is 23.1 Å². The van der Waals surface area contributed by atoms with Crippen molar-refractivity contribution in [2.45, 2.75) is 6.92 Å². The van der Waals surface area contributed by atoms with Gasteiger partial charge in [-0.05, 0) is 25.1 Å². The number of para-hydroxylation sites is 1. The zero-order valence-corrected chi connectivity index (χ0v) is 11.4. The van der Waals surface area contributed by atoms with Crippen molar-refractivity contribution in [1.82, 2.24) is 4.98 Å². The van der Waals surface area contributed by atoms with E-state index in [4.69, 9.17) is 16.3 Å². The van der Waals surface area contributed by atoms with Gasteiger partial charge in [0.2, 0.25) is 0 Å². The summed E-state index contributed by atoms with van der Waals surface area (Å²) in [5.41, 5.74) is -0.216. The maximum Gasteiger partial charge on any atom is 0.331 e. The van der Waals surface area contributed by atoms with Gasteiger partial charge in [-0.1, -0.05) is 23.7 Å². The number of aromatic nitrogens is 1. The topological polar surface area (TPSA) is 77.3 Å². The van der Waals surface area contributed by atoms with Crippen LogP contribution in [0.1, 0.15) is 6.92 Å². The third-order valence-corrected chi connectivity index (χ3v) is 2.75. The number of nitrogens with zero attached hydrogens (tertiary/aromatic N) is 2. The van der Waals surface area contributed by atoms with E-state index < -0.39 is 4.92 Å². The van der Waals surface area contributed by atoms with E-state index in [-0.39, 0.29) is 11.6 Å². The Labute approximate surface area is 120 Å². The minimum absolute atomic E-state index is 0.0958. The molecule has 1 aromatic heterocycles. The highest BCUT2D eigenvalue weighted by atomic mass is 35.5. The molecule has 6 nitrogen and oxygen atoms in total. The Balaban J connectivity index is 2.40. The predicted octanol–water partition coefficient (Wildman–Crippen LogP) is 3.87. The van der Waals surface area contributed by atoms with Crippen molar-refractivity contribution in [3.63, 3.8) is 0 Å². The number of halogens is 1. The summed E-state index contributed by atoms with van der Waals surface area (Å²) < 4.78 is 5.46. The first-order valence-electron chi connectivity index (χ1n) is 5.93. The smallest absolute Gasteiger partial charge is 0.331 e. The van der Waals surface area contributed by atoms with Crippen LogP contribution in [0.4, 0.5) is 11.5 Å². The third kappa shape index (κ3) is 3.16. The molecule has 0 atom stereocenters. The summed E-state index contributed by atoms with van der Waals surface area (Å²) in [7, 11) is 0. The Morgan fingerprint density at radius 3 is 2.75 bits per heavy atom. The highest BCUT2D eigenvalue weighted by Gasteiger charge is 2.19. The fourth-order valence-corrected chi connectivity index (χ4v) is 1.73. The summed E-state index contributed by atoms with van der Waals surface area (Å²) in [5.74, 6) is 0.722. The number of anilines is 1. The van der Waals surface area contributed by atoms with Crippen LogP contribution in [0.15, 0.2) is 36.4 Å². The molecule has 0 amide bonds. The number of hydrogen-bond acceptors (Lipinski definition) is 5. The molecule has 0 saturated heterocycles. The predicted molar refractivity (Wildman–Crippen MR) is 76.6 cm³/mol. The van der Waals surface area contributed by atoms with Crippen LogP contribution < -0.4 is 10.1 Å². The summed E-state index contributed by atoms with van der Waals surface area (Å²) >= 11 is 5.97. The van der Waals surface area contributed by atoms with Crippen LogP contribution in [0.5, 0.6) is 11.6 Å². The first-order chi connectivity index (χ1) is 9.61. The standard InChI is InChI=1S/C13H12ClN3O3/c1-2-15-12-8-7-10(17(18)19)13(16-12)20-11-6-4-3-5-9(11)14/h3-8H,2H2,1H3,(H,15,16). The summed E-state index contributed by atoms with van der Waals surface area (Å²) in [5, 5.41) is 14.3. The summed E-state index contributed by atoms with van der Waals surface area (Å²) in [6, 6.07) is 9.59. The van der Waals surface area contributed by atoms with Crippen molar-refractivity contribution in [2.24, 2.45) is 0 Å². The van der Waals surface area contributed by atoms with E-state index in [1.165, 1.54) is 12.1 Å². The van der Waals surface area contributed by atoms with E-state index in [2.05, 4.69) is 10.3 Å². The molecule has 1 N–H and O–H groups in total. The zero-order chi connectivity index (χ0) is 14.5. The highest BCUT2D eigenvalue weighted by molar-refractivity contribution is 6.32. The van der Waals surface area contributed by atoms with Gasteiger partial charge in [-0.25, -0.2) is 0 Å². The SMILES string of the molecule is CCNc1ccc([N+](=O)[O-])c(Oc2ccccc2Cl)n1. The van der Waals surface area contributed by atoms with Gasteiger partial charge >= 0.3 is 11.6 Å². The van der Waals surface area contributed by atoms with Crippen LogP contribution in [0, 0.1) is 10.1 Å². The lowest BCUT2D eigenvalue weighted by molar-refractivity contribution is -0.386. The Hall–Kier alpha value is -2.34. The number of rotatable bonds is 5. The largest absolute Gasteiger partial charge is 0.432 e. The molecule has 7 heteroatoms. The summed E-state index contributed by atoms with van der Waals surface area (Å²) in [6.07, 6.45) is 0. The molecular weight excluding hydrogens is 282 g/mol. The molecule has 0 saturated carbocycles. The quantitative estimate of drug-likeness (QED) is 0.669. The average Bonchev–Trinajstić information content (AvgIpc) is 2.42. The molecule has 2 aromatic rings. The van der Waals surface area contributed by atoms with Gasteiger partial charge in [-0.3, -0.25) is 10.1 Å². The molecule has 1 heterocycles. The van der Waals surface area contributed by atoms with E-state index in [0.717, 1.165) is 0 Å². The van der Waals surface area contributed by atoms with Gasteiger partial charge < -0.3 is 10.1 Å². The van der Waals surface area contributed by atoms with E-state index >= 15 is 0 Å². The number of nitrogens with one attached hydrogen (secondary N) is 1. The molecule has 1 aromatic carbocycles. The molecule has 2 rings (SSSR count). The van der Waals surface area contributed by atoms with Crippen molar-refractivity contribution in [2.75, 3.05) is 11.9 Å². The van der Waals surface area contributed by atoms with E-state index in [1.807, 2.05) is 6.92 Å². The van der Waals surface area contributed by atoms with Crippen molar-refractivity contribution < 1.29 is 9.66 Å². The van der Waals surface area contributed by atoms with Crippen LogP contribution in [0.3, 0.4) is 0 Å². The normalized spacial score (nSPS) is 10.1. The van der Waals surface area contributed by atoms with Gasteiger partial charge in [0.25, 0.3) is 0 Å². The van der Waals surface area contributed by atoms with Gasteiger partial charge in [-0.15, -0.1) is 0 Å². The van der Waals surface area contributed by atoms with Crippen LogP contribution >= 0.6 is 11.6 Å². The minimum Gasteiger partial charge on any atom is -0.432 e. The van der Waals surface area contributed by atoms with Crippen LogP contribution in [0.25, 0.3) is 0 Å². The average molecular weight is 294 g/mol. The van der Waals surface area contributed by atoms with Crippen LogP contribution in [-0.4, -0.2) is 16.5 Å². The Morgan fingerprint density at radius 1 is 1.35 bits per heavy atom.